The molecule has 0 aliphatic carbocycles. The van der Waals surface area contributed by atoms with E-state index in [1.54, 1.807) is 27.7 Å². The summed E-state index contributed by atoms with van der Waals surface area (Å²) in [6.07, 6.45) is -1.02. The van der Waals surface area contributed by atoms with E-state index in [1.807, 2.05) is 37.3 Å². The molecule has 0 saturated carbocycles. The Balaban J connectivity index is 2.00. The van der Waals surface area contributed by atoms with Crippen molar-refractivity contribution in [2.45, 2.75) is 58.6 Å². The molecule has 7 nitrogen and oxygen atoms in total. The van der Waals surface area contributed by atoms with Crippen molar-refractivity contribution in [2.24, 2.45) is 5.92 Å². The Kier molecular flexibility index (Phi) is 6.49. The summed E-state index contributed by atoms with van der Waals surface area (Å²) in [4.78, 5) is 25.8. The Morgan fingerprint density at radius 3 is 2.52 bits per heavy atom. The Morgan fingerprint density at radius 2 is 1.93 bits per heavy atom. The Morgan fingerprint density at radius 1 is 1.30 bits per heavy atom. The molecule has 1 fully saturated rings. The largest absolute Gasteiger partial charge is 0.465 e. The van der Waals surface area contributed by atoms with Crippen molar-refractivity contribution < 1.29 is 24.2 Å². The summed E-state index contributed by atoms with van der Waals surface area (Å²) in [7, 11) is 0. The summed E-state index contributed by atoms with van der Waals surface area (Å²) < 4.78 is 11.5. The molecule has 2 N–H and O–H groups in total. The van der Waals surface area contributed by atoms with Crippen LogP contribution >= 0.6 is 0 Å². The minimum absolute atomic E-state index is 0.124. The van der Waals surface area contributed by atoms with Gasteiger partial charge in [0, 0.05) is 25.0 Å². The van der Waals surface area contributed by atoms with Crippen LogP contribution in [0.3, 0.4) is 0 Å². The van der Waals surface area contributed by atoms with Crippen molar-refractivity contribution in [1.29, 1.82) is 0 Å². The molecule has 7 heteroatoms. The number of hydrogen-bond acceptors (Lipinski definition) is 4. The lowest BCUT2D eigenvalue weighted by Crippen LogP contribution is -2.61. The van der Waals surface area contributed by atoms with Crippen molar-refractivity contribution >= 4 is 12.0 Å². The maximum atomic E-state index is 12.8. The molecule has 2 rings (SSSR count). The van der Waals surface area contributed by atoms with Crippen LogP contribution in [0.4, 0.5) is 4.79 Å². The Hall–Kier alpha value is -2.12. The molecule has 1 aromatic carbocycles. The quantitative estimate of drug-likeness (QED) is 0.795. The van der Waals surface area contributed by atoms with E-state index in [9.17, 15) is 14.7 Å². The number of amides is 2. The van der Waals surface area contributed by atoms with Gasteiger partial charge in [0.05, 0.1) is 6.61 Å². The average Bonchev–Trinajstić information content (AvgIpc) is 2.61. The fraction of sp³-hybridized carbons (Fsp3) is 0.600. The van der Waals surface area contributed by atoms with Gasteiger partial charge in [-0.3, -0.25) is 9.69 Å². The van der Waals surface area contributed by atoms with Crippen molar-refractivity contribution in [1.82, 2.24) is 10.2 Å². The highest BCUT2D eigenvalue weighted by atomic mass is 16.7. The van der Waals surface area contributed by atoms with Crippen LogP contribution in [0.5, 0.6) is 0 Å². The zero-order valence-electron chi connectivity index (χ0n) is 16.7. The van der Waals surface area contributed by atoms with Gasteiger partial charge in [0.25, 0.3) is 5.91 Å². The summed E-state index contributed by atoms with van der Waals surface area (Å²) in [6, 6.07) is 8.99. The summed E-state index contributed by atoms with van der Waals surface area (Å²) in [5, 5.41) is 12.4. The van der Waals surface area contributed by atoms with Gasteiger partial charge in [-0.2, -0.15) is 0 Å². The number of benzene rings is 1. The van der Waals surface area contributed by atoms with Crippen LogP contribution in [-0.4, -0.2) is 52.6 Å². The van der Waals surface area contributed by atoms with Gasteiger partial charge >= 0.3 is 6.09 Å². The van der Waals surface area contributed by atoms with E-state index in [1.165, 1.54) is 4.90 Å². The lowest BCUT2D eigenvalue weighted by atomic mass is 9.88. The van der Waals surface area contributed by atoms with Crippen LogP contribution in [-0.2, 0) is 20.8 Å². The van der Waals surface area contributed by atoms with Crippen LogP contribution in [0.1, 0.15) is 40.2 Å². The topological polar surface area (TPSA) is 88.1 Å². The smallest absolute Gasteiger partial charge is 0.407 e. The molecule has 2 amide bonds. The molecular weight excluding hydrogens is 348 g/mol. The van der Waals surface area contributed by atoms with E-state index in [-0.39, 0.29) is 24.9 Å². The van der Waals surface area contributed by atoms with Gasteiger partial charge in [0.15, 0.2) is 11.4 Å². The minimum atomic E-state index is -1.03. The molecular formula is C20H30N2O5. The van der Waals surface area contributed by atoms with Crippen molar-refractivity contribution in [3.05, 3.63) is 35.9 Å². The summed E-state index contributed by atoms with van der Waals surface area (Å²) in [5.41, 5.74) is -0.136. The van der Waals surface area contributed by atoms with Crippen LogP contribution in [0.2, 0.25) is 0 Å². The highest BCUT2D eigenvalue weighted by Crippen LogP contribution is 2.34. The van der Waals surface area contributed by atoms with E-state index >= 15 is 0 Å². The van der Waals surface area contributed by atoms with Crippen molar-refractivity contribution in [3.63, 3.8) is 0 Å². The SMILES string of the molecule is CC1COC(C)(C)OC1(C)C(=O)NC[C@H](C)N(Cc1ccccc1)C(=O)O. The second-order valence-electron chi connectivity index (χ2n) is 7.78. The number of carbonyl (C=O) groups excluding carboxylic acids is 1. The van der Waals surface area contributed by atoms with Crippen LogP contribution in [0.25, 0.3) is 0 Å². The predicted molar refractivity (Wildman–Crippen MR) is 101 cm³/mol. The molecule has 3 atom stereocenters. The maximum absolute atomic E-state index is 12.8. The fourth-order valence-electron chi connectivity index (χ4n) is 3.11. The molecule has 1 heterocycles. The maximum Gasteiger partial charge on any atom is 0.407 e. The molecule has 27 heavy (non-hydrogen) atoms. The Labute approximate surface area is 160 Å². The third-order valence-electron chi connectivity index (χ3n) is 5.06. The summed E-state index contributed by atoms with van der Waals surface area (Å²) >= 11 is 0. The molecule has 150 valence electrons. The highest BCUT2D eigenvalue weighted by Gasteiger charge is 2.48. The van der Waals surface area contributed by atoms with E-state index in [0.29, 0.717) is 6.61 Å². The van der Waals surface area contributed by atoms with Gasteiger partial charge in [-0.25, -0.2) is 4.79 Å². The van der Waals surface area contributed by atoms with E-state index in [4.69, 9.17) is 9.47 Å². The normalized spacial score (nSPS) is 25.4. The van der Waals surface area contributed by atoms with Gasteiger partial charge in [-0.1, -0.05) is 37.3 Å². The number of nitrogens with zero attached hydrogens (tertiary/aromatic N) is 1. The average molecular weight is 378 g/mol. The Bertz CT molecular complexity index is 664. The van der Waals surface area contributed by atoms with Gasteiger partial charge < -0.3 is 19.9 Å². The lowest BCUT2D eigenvalue weighted by molar-refractivity contribution is -0.315. The van der Waals surface area contributed by atoms with E-state index < -0.39 is 23.5 Å². The first-order valence-electron chi connectivity index (χ1n) is 9.21. The summed E-state index contributed by atoms with van der Waals surface area (Å²) in [5.74, 6) is -1.23. The number of rotatable bonds is 6. The minimum Gasteiger partial charge on any atom is -0.465 e. The molecule has 2 unspecified atom stereocenters. The molecule has 1 aliphatic rings. The van der Waals surface area contributed by atoms with Gasteiger partial charge in [0.2, 0.25) is 0 Å². The third kappa shape index (κ3) is 5.20. The predicted octanol–water partition coefficient (Wildman–Crippen LogP) is 2.85. The molecule has 1 aliphatic heterocycles. The first kappa shape index (κ1) is 21.2. The second kappa shape index (κ2) is 8.27. The van der Waals surface area contributed by atoms with E-state index in [2.05, 4.69) is 5.32 Å². The zero-order chi connectivity index (χ0) is 20.2. The van der Waals surface area contributed by atoms with Crippen molar-refractivity contribution in [2.75, 3.05) is 13.2 Å². The fourth-order valence-corrected chi connectivity index (χ4v) is 3.11. The third-order valence-corrected chi connectivity index (χ3v) is 5.06. The molecule has 1 aromatic rings. The van der Waals surface area contributed by atoms with Crippen LogP contribution < -0.4 is 5.32 Å². The standard InChI is InChI=1S/C20H30N2O5/c1-14-13-26-19(3,4)27-20(14,5)17(23)21-11-15(2)22(18(24)25)12-16-9-7-6-8-10-16/h6-10,14-15H,11-13H2,1-5H3,(H,21,23)(H,24,25)/t14?,15-,20?/m0/s1. The van der Waals surface area contributed by atoms with Crippen molar-refractivity contribution in [3.8, 4) is 0 Å². The number of ether oxygens (including phenoxy) is 2. The van der Waals surface area contributed by atoms with Gasteiger partial charge in [0.1, 0.15) is 0 Å². The lowest BCUT2D eigenvalue weighted by Gasteiger charge is -2.46. The number of nitrogens with one attached hydrogen (secondary N) is 1. The monoisotopic (exact) mass is 378 g/mol. The molecule has 0 spiro atoms. The molecule has 0 radical (unpaired) electrons. The molecule has 1 saturated heterocycles. The molecule has 0 aromatic heterocycles. The van der Waals surface area contributed by atoms with Crippen LogP contribution in [0.15, 0.2) is 30.3 Å². The number of carbonyl (C=O) groups is 2. The number of hydrogen-bond donors (Lipinski definition) is 2. The van der Waals surface area contributed by atoms with Gasteiger partial charge in [-0.05, 0) is 33.3 Å². The van der Waals surface area contributed by atoms with Crippen LogP contribution in [0, 0.1) is 5.92 Å². The summed E-state index contributed by atoms with van der Waals surface area (Å²) in [6.45, 7) is 9.86. The zero-order valence-corrected chi connectivity index (χ0v) is 16.7. The second-order valence-corrected chi connectivity index (χ2v) is 7.78. The first-order valence-corrected chi connectivity index (χ1v) is 9.21. The highest BCUT2D eigenvalue weighted by molar-refractivity contribution is 5.85. The van der Waals surface area contributed by atoms with Gasteiger partial charge in [-0.15, -0.1) is 0 Å². The molecule has 0 bridgehead atoms. The number of carboxylic acid groups (broad SMARTS) is 1. The first-order chi connectivity index (χ1) is 12.5. The van der Waals surface area contributed by atoms with E-state index in [0.717, 1.165) is 5.56 Å².